The Labute approximate surface area is 220 Å². The van der Waals surface area contributed by atoms with Crippen LogP contribution in [-0.4, -0.2) is 57.6 Å². The van der Waals surface area contributed by atoms with E-state index >= 15 is 0 Å². The molecule has 13 heteroatoms. The summed E-state index contributed by atoms with van der Waals surface area (Å²) in [6.07, 6.45) is -0.370. The van der Waals surface area contributed by atoms with Crippen LogP contribution in [0.3, 0.4) is 0 Å². The van der Waals surface area contributed by atoms with Crippen molar-refractivity contribution < 1.29 is 32.2 Å². The zero-order chi connectivity index (χ0) is 27.0. The van der Waals surface area contributed by atoms with E-state index in [9.17, 15) is 22.8 Å². The van der Waals surface area contributed by atoms with E-state index < -0.39 is 17.8 Å². The summed E-state index contributed by atoms with van der Waals surface area (Å²) >= 11 is 6.78. The molecule has 0 spiro atoms. The lowest BCUT2D eigenvalue weighted by Gasteiger charge is -2.27. The van der Waals surface area contributed by atoms with Crippen molar-refractivity contribution in [3.63, 3.8) is 0 Å². The van der Waals surface area contributed by atoms with Crippen molar-refractivity contribution in [2.75, 3.05) is 31.6 Å². The number of fused-ring (bicyclic) bond motifs is 2. The lowest BCUT2D eigenvalue weighted by atomic mass is 10.1. The first-order valence-electron chi connectivity index (χ1n) is 11.9. The molecule has 1 saturated heterocycles. The minimum Gasteiger partial charge on any atom is -0.486 e. The molecule has 38 heavy (non-hydrogen) atoms. The maximum absolute atomic E-state index is 13.2. The van der Waals surface area contributed by atoms with E-state index in [0.29, 0.717) is 54.8 Å². The fourth-order valence-corrected chi connectivity index (χ4v) is 5.05. The van der Waals surface area contributed by atoms with Crippen LogP contribution in [0.15, 0.2) is 37.1 Å². The molecule has 2 aliphatic rings. The van der Waals surface area contributed by atoms with Crippen LogP contribution >= 0.6 is 11.6 Å². The van der Waals surface area contributed by atoms with E-state index in [4.69, 9.17) is 21.1 Å². The summed E-state index contributed by atoms with van der Waals surface area (Å²) in [7, 11) is 0. The van der Waals surface area contributed by atoms with Gasteiger partial charge in [-0.3, -0.25) is 19.9 Å². The van der Waals surface area contributed by atoms with Crippen LogP contribution in [0.25, 0.3) is 11.0 Å². The molecule has 0 aliphatic carbocycles. The van der Waals surface area contributed by atoms with Crippen molar-refractivity contribution in [3.05, 3.63) is 53.3 Å². The van der Waals surface area contributed by atoms with Crippen LogP contribution in [-0.2, 0) is 11.0 Å². The standard InChI is InChI=1S/C25H23ClF3N5O4/c1-2-19(35)33-8-4-3-5-15(13-33)34-21-16(12-17-22(20(21)26)38-10-9-37-17)31-24(34)32-23(36)14-6-7-30-18(11-14)25(27,28)29/h2,6-7,11-12,15H,1,3-5,8-10,13H2,(H,31,32,36)/t15-/m1/s1. The number of alkyl halides is 3. The Balaban J connectivity index is 1.61. The highest BCUT2D eigenvalue weighted by molar-refractivity contribution is 6.37. The normalized spacial score (nSPS) is 17.7. The minimum absolute atomic E-state index is 0.0671. The van der Waals surface area contributed by atoms with Crippen molar-refractivity contribution >= 4 is 40.4 Å². The molecular weight excluding hydrogens is 527 g/mol. The number of anilines is 1. The van der Waals surface area contributed by atoms with E-state index in [-0.39, 0.29) is 35.0 Å². The monoisotopic (exact) mass is 549 g/mol. The molecule has 0 saturated carbocycles. The largest absolute Gasteiger partial charge is 0.486 e. The Morgan fingerprint density at radius 2 is 2.00 bits per heavy atom. The molecule has 200 valence electrons. The molecule has 9 nitrogen and oxygen atoms in total. The topological polar surface area (TPSA) is 98.6 Å². The van der Waals surface area contributed by atoms with Gasteiger partial charge in [0.2, 0.25) is 11.9 Å². The van der Waals surface area contributed by atoms with E-state index in [1.807, 2.05) is 0 Å². The van der Waals surface area contributed by atoms with Crippen molar-refractivity contribution in [2.45, 2.75) is 31.5 Å². The van der Waals surface area contributed by atoms with Crippen LogP contribution in [0.1, 0.15) is 41.4 Å². The second-order valence-corrected chi connectivity index (χ2v) is 9.29. The number of rotatable bonds is 4. The van der Waals surface area contributed by atoms with E-state index in [1.165, 1.54) is 12.1 Å². The van der Waals surface area contributed by atoms with E-state index in [0.717, 1.165) is 19.0 Å². The number of halogens is 4. The highest BCUT2D eigenvalue weighted by Gasteiger charge is 2.34. The zero-order valence-electron chi connectivity index (χ0n) is 20.1. The number of carbonyl (C=O) groups is 2. The Hall–Kier alpha value is -3.80. The molecule has 0 bridgehead atoms. The van der Waals surface area contributed by atoms with Crippen molar-refractivity contribution in [1.82, 2.24) is 19.4 Å². The summed E-state index contributed by atoms with van der Waals surface area (Å²) in [5.74, 6) is -0.248. The molecule has 1 aromatic carbocycles. The third-order valence-electron chi connectivity index (χ3n) is 6.46. The Bertz CT molecular complexity index is 1420. The highest BCUT2D eigenvalue weighted by atomic mass is 35.5. The summed E-state index contributed by atoms with van der Waals surface area (Å²) < 4.78 is 52.6. The smallest absolute Gasteiger partial charge is 0.433 e. The summed E-state index contributed by atoms with van der Waals surface area (Å²) in [6, 6.07) is 3.14. The van der Waals surface area contributed by atoms with Gasteiger partial charge in [-0.2, -0.15) is 13.2 Å². The summed E-state index contributed by atoms with van der Waals surface area (Å²) in [5, 5.41) is 2.86. The third kappa shape index (κ3) is 4.87. The van der Waals surface area contributed by atoms with Crippen molar-refractivity contribution in [1.29, 1.82) is 0 Å². The van der Waals surface area contributed by atoms with Gasteiger partial charge in [-0.1, -0.05) is 18.2 Å². The van der Waals surface area contributed by atoms with Gasteiger partial charge < -0.3 is 18.9 Å². The highest BCUT2D eigenvalue weighted by Crippen LogP contribution is 2.45. The number of aromatic nitrogens is 3. The Morgan fingerprint density at radius 3 is 2.76 bits per heavy atom. The molecular formula is C25H23ClF3N5O4. The van der Waals surface area contributed by atoms with Gasteiger partial charge in [-0.25, -0.2) is 4.98 Å². The molecule has 5 rings (SSSR count). The molecule has 0 radical (unpaired) electrons. The number of carbonyl (C=O) groups excluding carboxylic acids is 2. The molecule has 2 aromatic heterocycles. The quantitative estimate of drug-likeness (QED) is 0.466. The SMILES string of the molecule is C=CC(=O)N1CCCC[C@@H](n2c(NC(=O)c3ccnc(C(F)(F)F)c3)nc3cc4c(c(Cl)c32)OCCO4)C1. The summed E-state index contributed by atoms with van der Waals surface area (Å²) in [4.78, 5) is 35.1. The average molecular weight is 550 g/mol. The Morgan fingerprint density at radius 1 is 1.21 bits per heavy atom. The van der Waals surface area contributed by atoms with E-state index in [2.05, 4.69) is 21.9 Å². The van der Waals surface area contributed by atoms with Crippen molar-refractivity contribution in [3.8, 4) is 11.5 Å². The number of amides is 2. The molecule has 3 aromatic rings. The van der Waals surface area contributed by atoms with Crippen LogP contribution in [0, 0.1) is 0 Å². The number of pyridine rings is 1. The van der Waals surface area contributed by atoms with Gasteiger partial charge in [0.15, 0.2) is 11.5 Å². The number of nitrogens with zero attached hydrogens (tertiary/aromatic N) is 4. The first kappa shape index (κ1) is 25.8. The van der Waals surface area contributed by atoms with Gasteiger partial charge in [-0.05, 0) is 37.5 Å². The number of nitrogens with one attached hydrogen (secondary N) is 1. The number of hydrogen-bond acceptors (Lipinski definition) is 6. The molecule has 0 unspecified atom stereocenters. The first-order valence-corrected chi connectivity index (χ1v) is 12.3. The molecule has 2 amide bonds. The van der Waals surface area contributed by atoms with Gasteiger partial charge >= 0.3 is 6.18 Å². The molecule has 4 heterocycles. The number of imidazole rings is 1. The lowest BCUT2D eigenvalue weighted by Crippen LogP contribution is -2.34. The fraction of sp³-hybridized carbons (Fsp3) is 0.360. The van der Waals surface area contributed by atoms with Crippen LogP contribution < -0.4 is 14.8 Å². The van der Waals surface area contributed by atoms with Gasteiger partial charge in [0.1, 0.15) is 23.9 Å². The molecule has 2 aliphatic heterocycles. The third-order valence-corrected chi connectivity index (χ3v) is 6.81. The second-order valence-electron chi connectivity index (χ2n) is 8.91. The Kier molecular flexibility index (Phi) is 6.91. The molecule has 1 fully saturated rings. The summed E-state index contributed by atoms with van der Waals surface area (Å²) in [6.45, 7) is 5.02. The maximum Gasteiger partial charge on any atom is 0.433 e. The second kappa shape index (κ2) is 10.2. The van der Waals surface area contributed by atoms with Crippen LogP contribution in [0.2, 0.25) is 5.02 Å². The van der Waals surface area contributed by atoms with Gasteiger partial charge in [0, 0.05) is 30.9 Å². The van der Waals surface area contributed by atoms with Gasteiger partial charge in [-0.15, -0.1) is 0 Å². The summed E-state index contributed by atoms with van der Waals surface area (Å²) in [5.41, 5.74) is -0.584. The maximum atomic E-state index is 13.2. The van der Waals surface area contributed by atoms with Gasteiger partial charge in [0.05, 0.1) is 17.1 Å². The first-order chi connectivity index (χ1) is 18.2. The lowest BCUT2D eigenvalue weighted by molar-refractivity contribution is -0.141. The fourth-order valence-electron chi connectivity index (χ4n) is 4.72. The van der Waals surface area contributed by atoms with Crippen LogP contribution in [0.4, 0.5) is 19.1 Å². The van der Waals surface area contributed by atoms with E-state index in [1.54, 1.807) is 15.5 Å². The molecule has 1 atom stereocenters. The van der Waals surface area contributed by atoms with Gasteiger partial charge in [0.25, 0.3) is 5.91 Å². The molecule has 1 N–H and O–H groups in total. The number of hydrogen-bond donors (Lipinski definition) is 1. The van der Waals surface area contributed by atoms with Crippen molar-refractivity contribution in [2.24, 2.45) is 0 Å². The number of ether oxygens (including phenoxy) is 2. The minimum atomic E-state index is -4.71. The predicted octanol–water partition coefficient (Wildman–Crippen LogP) is 4.87. The number of likely N-dealkylation sites (tertiary alicyclic amines) is 1. The van der Waals surface area contributed by atoms with Crippen LogP contribution in [0.5, 0.6) is 11.5 Å². The number of benzene rings is 1. The predicted molar refractivity (Wildman–Crippen MR) is 133 cm³/mol. The average Bonchev–Trinajstić information content (AvgIpc) is 3.08. The zero-order valence-corrected chi connectivity index (χ0v) is 20.8.